The lowest BCUT2D eigenvalue weighted by molar-refractivity contribution is -0.123. The summed E-state index contributed by atoms with van der Waals surface area (Å²) in [5.41, 5.74) is 10.3. The largest absolute Gasteiger partial charge is 0.507 e. The van der Waals surface area contributed by atoms with Crippen molar-refractivity contribution in [3.63, 3.8) is 0 Å². The average molecular weight is 1270 g/mol. The lowest BCUT2D eigenvalue weighted by atomic mass is 9.79. The molecule has 8 bridgehead atoms. The Labute approximate surface area is 537 Å². The molecule has 0 saturated heterocycles. The Morgan fingerprint density at radius 3 is 0.911 bits per heavy atom. The molecule has 90 heavy (non-hydrogen) atoms. The molecule has 0 unspecified atom stereocenters. The first-order chi connectivity index (χ1) is 41.7. The second kappa shape index (κ2) is 28.0. The molecule has 488 valence electrons. The summed E-state index contributed by atoms with van der Waals surface area (Å²) < 4.78 is 73.7. The highest BCUT2D eigenvalue weighted by Crippen LogP contribution is 2.44. The van der Waals surface area contributed by atoms with Crippen LogP contribution in [0.5, 0.6) is 23.0 Å². The van der Waals surface area contributed by atoms with Crippen LogP contribution in [-0.2, 0) is 77.0 Å². The van der Waals surface area contributed by atoms with E-state index in [-0.39, 0.29) is 120 Å². The molecular weight excluding hydrogens is 1170 g/mol. The number of carbonyl (C=O) groups is 2. The zero-order valence-corrected chi connectivity index (χ0v) is 58.2. The molecule has 0 aromatic heterocycles. The van der Waals surface area contributed by atoms with Crippen molar-refractivity contribution in [2.24, 2.45) is 11.8 Å². The third-order valence-corrected chi connectivity index (χ3v) is 19.6. The maximum absolute atomic E-state index is 14.1. The molecule has 7 rings (SSSR count). The number of phenolic OH excluding ortho intramolecular Hbond substituents is 2. The van der Waals surface area contributed by atoms with Crippen molar-refractivity contribution >= 4 is 31.9 Å². The van der Waals surface area contributed by atoms with E-state index < -0.39 is 43.9 Å². The van der Waals surface area contributed by atoms with Crippen LogP contribution >= 0.6 is 0 Å². The summed E-state index contributed by atoms with van der Waals surface area (Å²) in [6.07, 6.45) is 1.50. The van der Waals surface area contributed by atoms with E-state index in [1.165, 1.54) is 24.3 Å². The van der Waals surface area contributed by atoms with Gasteiger partial charge in [0.1, 0.15) is 48.3 Å². The second-order valence-corrected chi connectivity index (χ2v) is 33.2. The predicted octanol–water partition coefficient (Wildman–Crippen LogP) is 13.4. The number of fused-ring (bicyclic) bond motifs is 8. The van der Waals surface area contributed by atoms with Crippen molar-refractivity contribution in [3.8, 4) is 23.0 Å². The van der Waals surface area contributed by atoms with E-state index in [1.54, 1.807) is 24.3 Å². The average Bonchev–Trinajstić information content (AvgIpc) is 0.779. The lowest BCUT2D eigenvalue weighted by Gasteiger charge is -2.28. The maximum Gasteiger partial charge on any atom is 0.241 e. The van der Waals surface area contributed by atoms with Gasteiger partial charge in [0.25, 0.3) is 0 Å². The summed E-state index contributed by atoms with van der Waals surface area (Å²) in [4.78, 5) is 28.3. The molecule has 14 nitrogen and oxygen atoms in total. The van der Waals surface area contributed by atoms with Gasteiger partial charge in [0.2, 0.25) is 31.9 Å². The Morgan fingerprint density at radius 1 is 0.433 bits per heavy atom. The van der Waals surface area contributed by atoms with E-state index >= 15 is 0 Å². The van der Waals surface area contributed by atoms with Crippen LogP contribution in [0, 0.1) is 25.7 Å². The number of benzene rings is 6. The number of rotatable bonds is 20. The molecule has 0 fully saturated rings. The fourth-order valence-corrected chi connectivity index (χ4v) is 13.6. The summed E-state index contributed by atoms with van der Waals surface area (Å²) in [5, 5.41) is 31.7. The third-order valence-electron chi connectivity index (χ3n) is 16.6. The Kier molecular flexibility index (Phi) is 22.0. The molecule has 0 heterocycles. The number of phenols is 2. The van der Waals surface area contributed by atoms with Crippen molar-refractivity contribution in [3.05, 3.63) is 175 Å². The van der Waals surface area contributed by atoms with Gasteiger partial charge < -0.3 is 30.3 Å². The van der Waals surface area contributed by atoms with Gasteiger partial charge in [0, 0.05) is 25.7 Å². The number of nitrogens with one attached hydrogen (secondary N) is 4. The molecule has 1 aliphatic rings. The van der Waals surface area contributed by atoms with E-state index in [2.05, 4.69) is 152 Å². The number of sulfonamides is 2. The van der Waals surface area contributed by atoms with E-state index in [9.17, 15) is 36.6 Å². The van der Waals surface area contributed by atoms with Crippen LogP contribution in [-0.4, -0.2) is 77.2 Å². The molecule has 0 radical (unpaired) electrons. The van der Waals surface area contributed by atoms with E-state index in [4.69, 9.17) is 9.47 Å². The van der Waals surface area contributed by atoms with Gasteiger partial charge in [0.15, 0.2) is 0 Å². The van der Waals surface area contributed by atoms with Gasteiger partial charge in [-0.25, -0.2) is 16.8 Å². The van der Waals surface area contributed by atoms with Crippen LogP contribution in [0.25, 0.3) is 0 Å². The van der Waals surface area contributed by atoms with Crippen molar-refractivity contribution in [2.75, 3.05) is 26.3 Å². The van der Waals surface area contributed by atoms with Gasteiger partial charge >= 0.3 is 0 Å². The minimum Gasteiger partial charge on any atom is -0.507 e. The fraction of sp³-hybridized carbons (Fsp3) is 0.486. The summed E-state index contributed by atoms with van der Waals surface area (Å²) in [7, 11) is -8.07. The highest BCUT2D eigenvalue weighted by atomic mass is 32.2. The smallest absolute Gasteiger partial charge is 0.241 e. The molecule has 2 atom stereocenters. The monoisotopic (exact) mass is 1270 g/mol. The van der Waals surface area contributed by atoms with Crippen LogP contribution in [0.15, 0.2) is 107 Å². The molecule has 0 saturated carbocycles. The van der Waals surface area contributed by atoms with Crippen molar-refractivity contribution in [1.29, 1.82) is 0 Å². The highest BCUT2D eigenvalue weighted by molar-refractivity contribution is 7.89. The molecule has 6 aromatic carbocycles. The van der Waals surface area contributed by atoms with Crippen LogP contribution in [0.2, 0.25) is 0 Å². The molecular formula is C74H100N4O10S2. The number of carbonyl (C=O) groups excluding carboxylic acids is 2. The quantitative estimate of drug-likeness (QED) is 0.0398. The Bertz CT molecular complexity index is 3440. The molecule has 2 amide bonds. The Morgan fingerprint density at radius 2 is 0.678 bits per heavy atom. The first-order valence-electron chi connectivity index (χ1n) is 31.7. The van der Waals surface area contributed by atoms with Gasteiger partial charge in [-0.05, 0) is 151 Å². The van der Waals surface area contributed by atoms with Crippen molar-refractivity contribution in [2.45, 2.75) is 207 Å². The molecule has 16 heteroatoms. The zero-order valence-electron chi connectivity index (χ0n) is 56.6. The van der Waals surface area contributed by atoms with Crippen LogP contribution in [0.3, 0.4) is 0 Å². The van der Waals surface area contributed by atoms with Gasteiger partial charge in [-0.1, -0.05) is 195 Å². The Hall–Kier alpha value is -6.72. The van der Waals surface area contributed by atoms with E-state index in [0.29, 0.717) is 33.8 Å². The highest BCUT2D eigenvalue weighted by Gasteiger charge is 2.32. The lowest BCUT2D eigenvalue weighted by Crippen LogP contribution is -2.48. The second-order valence-electron chi connectivity index (χ2n) is 29.8. The molecule has 0 aliphatic heterocycles. The normalized spacial score (nSPS) is 14.1. The molecule has 6 aromatic rings. The first-order valence-corrected chi connectivity index (χ1v) is 34.7. The van der Waals surface area contributed by atoms with Crippen molar-refractivity contribution in [1.82, 2.24) is 20.1 Å². The Balaban J connectivity index is 1.33. The standard InChI is InChI=1S/C74H100N4O10S2/c1-45(2)31-63(77-89(83,84)61-23-19-47(5)20-24-61)69(81)75-27-29-87-67-53-33-49-37-57(71(7,8)9)39-51(65(49)79)35-55-43-60(74(16,17)18)44-56(36-52-40-58(72(10,11)12)38-50(66(52)80)34-54(67)42-59(41-53)73(13,14)15)68(55)88-30-28-76-70(82)64(32-46(3)4)78-90(85,86)62-25-21-48(6)22-26-62/h19-26,37-46,63-64,77-80H,27-36H2,1-18H3,(H,75,81)(H,76,82)/t63-,64-/m0/s1. The molecule has 6 N–H and O–H groups in total. The van der Waals surface area contributed by atoms with Gasteiger partial charge in [-0.3, -0.25) is 9.59 Å². The van der Waals surface area contributed by atoms with E-state index in [0.717, 1.165) is 55.6 Å². The number of hydrogen-bond acceptors (Lipinski definition) is 10. The number of aromatic hydroxyl groups is 2. The van der Waals surface area contributed by atoms with E-state index in [1.807, 2.05) is 41.5 Å². The number of ether oxygens (including phenoxy) is 2. The summed E-state index contributed by atoms with van der Waals surface area (Å²) in [6.45, 7) is 37.4. The van der Waals surface area contributed by atoms with Crippen LogP contribution < -0.4 is 29.6 Å². The third kappa shape index (κ3) is 18.3. The summed E-state index contributed by atoms with van der Waals surface area (Å²) in [6, 6.07) is 27.7. The van der Waals surface area contributed by atoms with Crippen LogP contribution in [0.4, 0.5) is 0 Å². The topological polar surface area (TPSA) is 209 Å². The molecule has 0 spiro atoms. The first kappa shape index (κ1) is 70.7. The number of aryl methyl sites for hydroxylation is 2. The minimum absolute atomic E-state index is 0.00795. The van der Waals surface area contributed by atoms with Crippen molar-refractivity contribution < 1.29 is 46.1 Å². The summed E-state index contributed by atoms with van der Waals surface area (Å²) >= 11 is 0. The summed E-state index contributed by atoms with van der Waals surface area (Å²) in [5.74, 6) is 0.356. The van der Waals surface area contributed by atoms with Gasteiger partial charge in [-0.2, -0.15) is 9.44 Å². The minimum atomic E-state index is -4.03. The number of hydrogen-bond donors (Lipinski definition) is 6. The maximum atomic E-state index is 14.1. The zero-order chi connectivity index (χ0) is 66.6. The van der Waals surface area contributed by atoms with Gasteiger partial charge in [-0.15, -0.1) is 0 Å². The number of amides is 2. The van der Waals surface area contributed by atoms with Crippen LogP contribution in [0.1, 0.15) is 202 Å². The van der Waals surface area contributed by atoms with Gasteiger partial charge in [0.05, 0.1) is 22.9 Å². The fourth-order valence-electron chi connectivity index (χ4n) is 11.2. The predicted molar refractivity (Wildman–Crippen MR) is 362 cm³/mol. The SMILES string of the molecule is Cc1ccc(S(=O)(=O)N[C@@H](CC(C)C)C(=O)NCCOc2c3cc(C(C)(C)C)cc2Cc2cc(C(C)(C)C)cc(c2O)Cc2cc(C(C)(C)C)cc(c2OCCNC(=O)[C@H](CC(C)C)NS(=O)(=O)c2ccc(C)cc2)Cc2cc(C(C)(C)C)cc(c2O)C3)cc1. The molecule has 1 aliphatic carbocycles.